The highest BCUT2D eigenvalue weighted by Crippen LogP contribution is 2.17. The van der Waals surface area contributed by atoms with Crippen LogP contribution in [0, 0.1) is 20.8 Å². The zero-order valence-electron chi connectivity index (χ0n) is 13.2. The van der Waals surface area contributed by atoms with Gasteiger partial charge in [-0.2, -0.15) is 5.10 Å². The molecule has 1 N–H and O–H groups in total. The van der Waals surface area contributed by atoms with Crippen LogP contribution < -0.4 is 5.32 Å². The number of nitrogens with zero attached hydrogens (tertiary/aromatic N) is 2. The summed E-state index contributed by atoms with van der Waals surface area (Å²) in [4.78, 5) is 0. The molecule has 0 bridgehead atoms. The first-order chi connectivity index (χ1) is 9.52. The molecule has 1 unspecified atom stereocenters. The van der Waals surface area contributed by atoms with Gasteiger partial charge in [-0.25, -0.2) is 0 Å². The van der Waals surface area contributed by atoms with Crippen molar-refractivity contribution in [1.82, 2.24) is 15.1 Å². The van der Waals surface area contributed by atoms with Crippen molar-refractivity contribution in [3.63, 3.8) is 0 Å². The van der Waals surface area contributed by atoms with Gasteiger partial charge in [0, 0.05) is 18.8 Å². The summed E-state index contributed by atoms with van der Waals surface area (Å²) in [6.07, 6.45) is 2.08. The number of benzene rings is 1. The lowest BCUT2D eigenvalue weighted by Crippen LogP contribution is -2.30. The van der Waals surface area contributed by atoms with Crippen molar-refractivity contribution in [3.05, 3.63) is 52.3 Å². The topological polar surface area (TPSA) is 29.9 Å². The van der Waals surface area contributed by atoms with Gasteiger partial charge in [-0.1, -0.05) is 24.3 Å². The van der Waals surface area contributed by atoms with Crippen molar-refractivity contribution < 1.29 is 0 Å². The van der Waals surface area contributed by atoms with Gasteiger partial charge in [0.2, 0.25) is 0 Å². The number of aromatic nitrogens is 2. The highest BCUT2D eigenvalue weighted by molar-refractivity contribution is 5.29. The number of likely N-dealkylation sites (N-methyl/N-ethyl adjacent to an activating group) is 1. The second-order valence-electron chi connectivity index (χ2n) is 5.59. The maximum absolute atomic E-state index is 4.51. The van der Waals surface area contributed by atoms with E-state index in [2.05, 4.69) is 55.5 Å². The maximum atomic E-state index is 4.51. The standard InChI is InChI=1S/C17H25N3/c1-12-8-6-7-9-15(12)10-16(18-4)11-17-13(2)19-20(5)14(17)3/h6-9,16,18H,10-11H2,1-5H3. The van der Waals surface area contributed by atoms with Gasteiger partial charge in [-0.3, -0.25) is 4.68 Å². The average molecular weight is 271 g/mol. The molecule has 1 atom stereocenters. The highest BCUT2D eigenvalue weighted by atomic mass is 15.3. The predicted molar refractivity (Wildman–Crippen MR) is 84.1 cm³/mol. The Hall–Kier alpha value is -1.61. The van der Waals surface area contributed by atoms with E-state index < -0.39 is 0 Å². The van der Waals surface area contributed by atoms with Gasteiger partial charge in [-0.15, -0.1) is 0 Å². The lowest BCUT2D eigenvalue weighted by molar-refractivity contribution is 0.552. The summed E-state index contributed by atoms with van der Waals surface area (Å²) in [5.74, 6) is 0. The van der Waals surface area contributed by atoms with Crippen LogP contribution in [0.1, 0.15) is 28.1 Å². The van der Waals surface area contributed by atoms with Crippen LogP contribution in [-0.2, 0) is 19.9 Å². The number of aryl methyl sites for hydroxylation is 3. The number of nitrogens with one attached hydrogen (secondary N) is 1. The van der Waals surface area contributed by atoms with E-state index >= 15 is 0 Å². The van der Waals surface area contributed by atoms with E-state index in [9.17, 15) is 0 Å². The van der Waals surface area contributed by atoms with E-state index in [-0.39, 0.29) is 0 Å². The fourth-order valence-electron chi connectivity index (χ4n) is 2.74. The molecule has 3 nitrogen and oxygen atoms in total. The van der Waals surface area contributed by atoms with Gasteiger partial charge in [0.05, 0.1) is 5.69 Å². The summed E-state index contributed by atoms with van der Waals surface area (Å²) in [6, 6.07) is 9.07. The summed E-state index contributed by atoms with van der Waals surface area (Å²) < 4.78 is 1.98. The molecule has 0 radical (unpaired) electrons. The quantitative estimate of drug-likeness (QED) is 0.906. The molecule has 0 aliphatic rings. The van der Waals surface area contributed by atoms with Crippen molar-refractivity contribution in [2.45, 2.75) is 39.7 Å². The molecule has 3 heteroatoms. The van der Waals surface area contributed by atoms with Gasteiger partial charge >= 0.3 is 0 Å². The van der Waals surface area contributed by atoms with Crippen molar-refractivity contribution in [2.75, 3.05) is 7.05 Å². The fraction of sp³-hybridized carbons (Fsp3) is 0.471. The molecule has 0 fully saturated rings. The Morgan fingerprint density at radius 1 is 1.15 bits per heavy atom. The maximum Gasteiger partial charge on any atom is 0.0628 e. The zero-order valence-corrected chi connectivity index (χ0v) is 13.2. The van der Waals surface area contributed by atoms with Crippen LogP contribution in [-0.4, -0.2) is 22.9 Å². The van der Waals surface area contributed by atoms with Crippen LogP contribution in [0.4, 0.5) is 0 Å². The van der Waals surface area contributed by atoms with Gasteiger partial charge in [0.1, 0.15) is 0 Å². The molecule has 2 rings (SSSR count). The third-order valence-electron chi connectivity index (χ3n) is 4.25. The number of hydrogen-bond donors (Lipinski definition) is 1. The fourth-order valence-corrected chi connectivity index (χ4v) is 2.74. The molecule has 0 amide bonds. The molecule has 0 saturated heterocycles. The van der Waals surface area contributed by atoms with Crippen LogP contribution in [0.3, 0.4) is 0 Å². The zero-order chi connectivity index (χ0) is 14.7. The molecule has 1 aromatic heterocycles. The molecular weight excluding hydrogens is 246 g/mol. The van der Waals surface area contributed by atoms with Crippen LogP contribution in [0.2, 0.25) is 0 Å². The minimum Gasteiger partial charge on any atom is -0.316 e. The Morgan fingerprint density at radius 2 is 1.85 bits per heavy atom. The summed E-state index contributed by atoms with van der Waals surface area (Å²) in [6.45, 7) is 6.43. The van der Waals surface area contributed by atoms with Crippen LogP contribution in [0.5, 0.6) is 0 Å². The predicted octanol–water partition coefficient (Wildman–Crippen LogP) is 2.72. The first-order valence-corrected chi connectivity index (χ1v) is 7.23. The highest BCUT2D eigenvalue weighted by Gasteiger charge is 2.15. The molecule has 1 heterocycles. The Morgan fingerprint density at radius 3 is 2.40 bits per heavy atom. The van der Waals surface area contributed by atoms with Crippen LogP contribution >= 0.6 is 0 Å². The van der Waals surface area contributed by atoms with Gasteiger partial charge < -0.3 is 5.32 Å². The number of rotatable bonds is 5. The second kappa shape index (κ2) is 6.23. The van der Waals surface area contributed by atoms with Crippen molar-refractivity contribution in [1.29, 1.82) is 0 Å². The molecule has 0 saturated carbocycles. The van der Waals surface area contributed by atoms with E-state index in [0.29, 0.717) is 6.04 Å². The normalized spacial score (nSPS) is 12.7. The molecule has 20 heavy (non-hydrogen) atoms. The molecular formula is C17H25N3. The SMILES string of the molecule is CNC(Cc1ccccc1C)Cc1c(C)nn(C)c1C. The van der Waals surface area contributed by atoms with Crippen molar-refractivity contribution in [2.24, 2.45) is 7.05 Å². The first-order valence-electron chi connectivity index (χ1n) is 7.23. The Balaban J connectivity index is 2.15. The Bertz CT molecular complexity index is 584. The summed E-state index contributed by atoms with van der Waals surface area (Å²) >= 11 is 0. The average Bonchev–Trinajstić information content (AvgIpc) is 2.66. The van der Waals surface area contributed by atoms with E-state index in [4.69, 9.17) is 0 Å². The summed E-state index contributed by atoms with van der Waals surface area (Å²) in [5, 5.41) is 7.96. The second-order valence-corrected chi connectivity index (χ2v) is 5.59. The van der Waals surface area contributed by atoms with Crippen LogP contribution in [0.25, 0.3) is 0 Å². The molecule has 0 aliphatic carbocycles. The third-order valence-corrected chi connectivity index (χ3v) is 4.25. The smallest absolute Gasteiger partial charge is 0.0628 e. The summed E-state index contributed by atoms with van der Waals surface area (Å²) in [7, 11) is 4.06. The van der Waals surface area contributed by atoms with Crippen LogP contribution in [0.15, 0.2) is 24.3 Å². The Labute approximate surface area is 122 Å². The van der Waals surface area contributed by atoms with E-state index in [1.807, 2.05) is 18.8 Å². The molecule has 108 valence electrons. The lowest BCUT2D eigenvalue weighted by Gasteiger charge is -2.18. The minimum absolute atomic E-state index is 0.442. The van der Waals surface area contributed by atoms with E-state index in [1.165, 1.54) is 22.4 Å². The molecule has 0 aliphatic heterocycles. The summed E-state index contributed by atoms with van der Waals surface area (Å²) in [5.41, 5.74) is 6.58. The van der Waals surface area contributed by atoms with Crippen molar-refractivity contribution in [3.8, 4) is 0 Å². The molecule has 0 spiro atoms. The molecule has 2 aromatic rings. The van der Waals surface area contributed by atoms with Gasteiger partial charge in [0.15, 0.2) is 0 Å². The largest absolute Gasteiger partial charge is 0.316 e. The number of hydrogen-bond acceptors (Lipinski definition) is 2. The third kappa shape index (κ3) is 3.10. The van der Waals surface area contributed by atoms with Gasteiger partial charge in [-0.05, 0) is 57.4 Å². The molecule has 1 aromatic carbocycles. The van der Waals surface area contributed by atoms with Gasteiger partial charge in [0.25, 0.3) is 0 Å². The lowest BCUT2D eigenvalue weighted by atomic mass is 9.96. The van der Waals surface area contributed by atoms with Crippen molar-refractivity contribution >= 4 is 0 Å². The first kappa shape index (κ1) is 14.8. The monoisotopic (exact) mass is 271 g/mol. The van der Waals surface area contributed by atoms with E-state index in [1.54, 1.807) is 0 Å². The minimum atomic E-state index is 0.442. The van der Waals surface area contributed by atoms with E-state index in [0.717, 1.165) is 18.5 Å². The Kier molecular flexibility index (Phi) is 4.61.